The molecule has 0 spiro atoms. The molecule has 1 atom stereocenters. The maximum absolute atomic E-state index is 6.12. The van der Waals surface area contributed by atoms with Crippen LogP contribution in [0.1, 0.15) is 30.0 Å². The fourth-order valence-electron chi connectivity index (χ4n) is 1.55. The molecule has 0 heterocycles. The maximum atomic E-state index is 6.12. The molecular weight excluding hydrogens is 254 g/mol. The van der Waals surface area contributed by atoms with E-state index in [0.29, 0.717) is 0 Å². The van der Waals surface area contributed by atoms with Crippen LogP contribution in [0.2, 0.25) is 0 Å². The smallest absolute Gasteiger partial charge is 0.0462 e. The lowest BCUT2D eigenvalue weighted by molar-refractivity contribution is 0.190. The van der Waals surface area contributed by atoms with Gasteiger partial charge in [0.15, 0.2) is 0 Å². The average molecular weight is 272 g/mol. The van der Waals surface area contributed by atoms with E-state index in [2.05, 4.69) is 41.1 Å². The number of benzene rings is 1. The second-order valence-corrected chi connectivity index (χ2v) is 4.62. The lowest BCUT2D eigenvalue weighted by atomic mass is 10.0. The molecule has 0 fully saturated rings. The summed E-state index contributed by atoms with van der Waals surface area (Å²) >= 11 is 3.53. The van der Waals surface area contributed by atoms with Gasteiger partial charge in [0.1, 0.15) is 0 Å². The Labute approximate surface area is 99.9 Å². The number of ether oxygens (including phenoxy) is 1. The van der Waals surface area contributed by atoms with E-state index >= 15 is 0 Å². The van der Waals surface area contributed by atoms with Crippen LogP contribution < -0.4 is 5.73 Å². The molecule has 0 aliphatic rings. The van der Waals surface area contributed by atoms with Crippen molar-refractivity contribution < 1.29 is 4.74 Å². The van der Waals surface area contributed by atoms with E-state index in [1.807, 2.05) is 0 Å². The Kier molecular flexibility index (Phi) is 5.29. The lowest BCUT2D eigenvalue weighted by Gasteiger charge is -2.14. The minimum atomic E-state index is 0.0921. The van der Waals surface area contributed by atoms with Gasteiger partial charge >= 0.3 is 0 Å². The summed E-state index contributed by atoms with van der Waals surface area (Å²) in [6.07, 6.45) is 1.95. The first kappa shape index (κ1) is 12.7. The van der Waals surface area contributed by atoms with Crippen molar-refractivity contribution >= 4 is 15.9 Å². The summed E-state index contributed by atoms with van der Waals surface area (Å²) in [7, 11) is 1.72. The molecule has 0 aliphatic carbocycles. The van der Waals surface area contributed by atoms with Gasteiger partial charge in [-0.1, -0.05) is 33.6 Å². The number of hydrogen-bond acceptors (Lipinski definition) is 2. The van der Waals surface area contributed by atoms with Crippen LogP contribution in [-0.2, 0) is 4.74 Å². The molecule has 1 aromatic carbocycles. The highest BCUT2D eigenvalue weighted by molar-refractivity contribution is 9.10. The predicted octanol–water partition coefficient (Wildman–Crippen LogP) is 3.18. The predicted molar refractivity (Wildman–Crippen MR) is 66.9 cm³/mol. The molecule has 0 saturated carbocycles. The van der Waals surface area contributed by atoms with Gasteiger partial charge in [-0.2, -0.15) is 0 Å². The second-order valence-electron chi connectivity index (χ2n) is 3.77. The van der Waals surface area contributed by atoms with Crippen molar-refractivity contribution in [3.05, 3.63) is 33.8 Å². The molecule has 2 nitrogen and oxygen atoms in total. The first-order chi connectivity index (χ1) is 7.15. The number of methoxy groups -OCH3 is 1. The standard InChI is InChI=1S/C12H18BrNO/c1-9-5-6-11(13)10(8-9)12(14)4-3-7-15-2/h5-6,8,12H,3-4,7,14H2,1-2H3. The van der Waals surface area contributed by atoms with Crippen LogP contribution in [0.15, 0.2) is 22.7 Å². The van der Waals surface area contributed by atoms with E-state index in [-0.39, 0.29) is 6.04 Å². The molecule has 1 aromatic rings. The Balaban J connectivity index is 2.64. The van der Waals surface area contributed by atoms with E-state index < -0.39 is 0 Å². The maximum Gasteiger partial charge on any atom is 0.0462 e. The minimum Gasteiger partial charge on any atom is -0.385 e. The highest BCUT2D eigenvalue weighted by atomic mass is 79.9. The van der Waals surface area contributed by atoms with Gasteiger partial charge in [-0.15, -0.1) is 0 Å². The van der Waals surface area contributed by atoms with Gasteiger partial charge in [-0.25, -0.2) is 0 Å². The van der Waals surface area contributed by atoms with Crippen LogP contribution >= 0.6 is 15.9 Å². The Morgan fingerprint density at radius 1 is 1.47 bits per heavy atom. The summed E-state index contributed by atoms with van der Waals surface area (Å²) in [5, 5.41) is 0. The molecule has 84 valence electrons. The number of rotatable bonds is 5. The largest absolute Gasteiger partial charge is 0.385 e. The molecule has 15 heavy (non-hydrogen) atoms. The van der Waals surface area contributed by atoms with E-state index in [9.17, 15) is 0 Å². The van der Waals surface area contributed by atoms with Crippen LogP contribution in [0.25, 0.3) is 0 Å². The van der Waals surface area contributed by atoms with Gasteiger partial charge in [0.2, 0.25) is 0 Å². The van der Waals surface area contributed by atoms with Crippen LogP contribution in [-0.4, -0.2) is 13.7 Å². The molecule has 1 rings (SSSR count). The first-order valence-electron chi connectivity index (χ1n) is 5.15. The van der Waals surface area contributed by atoms with Gasteiger partial charge in [0, 0.05) is 24.2 Å². The molecular formula is C12H18BrNO. The Bertz CT molecular complexity index is 314. The molecule has 0 saturated heterocycles. The second kappa shape index (κ2) is 6.26. The molecule has 0 aromatic heterocycles. The van der Waals surface area contributed by atoms with Crippen molar-refractivity contribution in [3.63, 3.8) is 0 Å². The van der Waals surface area contributed by atoms with Crippen molar-refractivity contribution in [2.75, 3.05) is 13.7 Å². The van der Waals surface area contributed by atoms with Gasteiger partial charge in [0.25, 0.3) is 0 Å². The monoisotopic (exact) mass is 271 g/mol. The zero-order valence-corrected chi connectivity index (χ0v) is 10.9. The summed E-state index contributed by atoms with van der Waals surface area (Å²) in [4.78, 5) is 0. The number of hydrogen-bond donors (Lipinski definition) is 1. The molecule has 3 heteroatoms. The van der Waals surface area contributed by atoms with Gasteiger partial charge < -0.3 is 10.5 Å². The fourth-order valence-corrected chi connectivity index (χ4v) is 2.09. The van der Waals surface area contributed by atoms with Gasteiger partial charge in [-0.3, -0.25) is 0 Å². The van der Waals surface area contributed by atoms with E-state index in [1.54, 1.807) is 7.11 Å². The number of nitrogens with two attached hydrogens (primary N) is 1. The van der Waals surface area contributed by atoms with Crippen molar-refractivity contribution in [3.8, 4) is 0 Å². The normalized spacial score (nSPS) is 12.8. The third-order valence-corrected chi connectivity index (χ3v) is 3.14. The van der Waals surface area contributed by atoms with E-state index in [0.717, 1.165) is 23.9 Å². The molecule has 0 bridgehead atoms. The van der Waals surface area contributed by atoms with Crippen LogP contribution in [0.3, 0.4) is 0 Å². The molecule has 2 N–H and O–H groups in total. The Hall–Kier alpha value is -0.380. The number of aryl methyl sites for hydroxylation is 1. The summed E-state index contributed by atoms with van der Waals surface area (Å²) in [6.45, 7) is 2.86. The average Bonchev–Trinajstić information content (AvgIpc) is 2.22. The van der Waals surface area contributed by atoms with Crippen molar-refractivity contribution in [1.29, 1.82) is 0 Å². The summed E-state index contributed by atoms with van der Waals surface area (Å²) < 4.78 is 6.11. The molecule has 1 unspecified atom stereocenters. The quantitative estimate of drug-likeness (QED) is 0.835. The third kappa shape index (κ3) is 3.93. The Morgan fingerprint density at radius 2 is 2.20 bits per heavy atom. The van der Waals surface area contributed by atoms with Crippen LogP contribution in [0, 0.1) is 6.92 Å². The van der Waals surface area contributed by atoms with Crippen LogP contribution in [0.5, 0.6) is 0 Å². The van der Waals surface area contributed by atoms with Crippen LogP contribution in [0.4, 0.5) is 0 Å². The third-order valence-electron chi connectivity index (χ3n) is 2.41. The zero-order chi connectivity index (χ0) is 11.3. The van der Waals surface area contributed by atoms with Crippen molar-refractivity contribution in [2.24, 2.45) is 5.73 Å². The lowest BCUT2D eigenvalue weighted by Crippen LogP contribution is -2.12. The zero-order valence-electron chi connectivity index (χ0n) is 9.29. The molecule has 0 amide bonds. The Morgan fingerprint density at radius 3 is 2.87 bits per heavy atom. The summed E-state index contributed by atoms with van der Waals surface area (Å²) in [6, 6.07) is 6.37. The van der Waals surface area contributed by atoms with Gasteiger partial charge in [-0.05, 0) is 31.4 Å². The SMILES string of the molecule is COCCCC(N)c1cc(C)ccc1Br. The molecule has 0 aliphatic heterocycles. The van der Waals surface area contributed by atoms with Crippen molar-refractivity contribution in [2.45, 2.75) is 25.8 Å². The minimum absolute atomic E-state index is 0.0921. The summed E-state index contributed by atoms with van der Waals surface area (Å²) in [5.41, 5.74) is 8.55. The molecule has 0 radical (unpaired) electrons. The number of halogens is 1. The first-order valence-corrected chi connectivity index (χ1v) is 5.95. The highest BCUT2D eigenvalue weighted by Crippen LogP contribution is 2.25. The topological polar surface area (TPSA) is 35.2 Å². The van der Waals surface area contributed by atoms with Crippen molar-refractivity contribution in [1.82, 2.24) is 0 Å². The van der Waals surface area contributed by atoms with E-state index in [1.165, 1.54) is 11.1 Å². The van der Waals surface area contributed by atoms with Gasteiger partial charge in [0.05, 0.1) is 0 Å². The van der Waals surface area contributed by atoms with E-state index in [4.69, 9.17) is 10.5 Å². The highest BCUT2D eigenvalue weighted by Gasteiger charge is 2.09. The summed E-state index contributed by atoms with van der Waals surface area (Å²) in [5.74, 6) is 0. The fraction of sp³-hybridized carbons (Fsp3) is 0.500.